The lowest BCUT2D eigenvalue weighted by Crippen LogP contribution is -2.14. The highest BCUT2D eigenvalue weighted by molar-refractivity contribution is 5.55. The van der Waals surface area contributed by atoms with Gasteiger partial charge in [-0.25, -0.2) is 9.97 Å². The Morgan fingerprint density at radius 1 is 0.735 bits per heavy atom. The highest BCUT2D eigenvalue weighted by atomic mass is 16.5. The van der Waals surface area contributed by atoms with E-state index in [9.17, 15) is 0 Å². The second-order valence-corrected chi connectivity index (χ2v) is 10.4. The smallest absolute Gasteiger partial charge is 0.159 e. The van der Waals surface area contributed by atoms with Crippen LogP contribution in [0.4, 0.5) is 0 Å². The quantitative estimate of drug-likeness (QED) is 0.232. The maximum absolute atomic E-state index is 6.00. The lowest BCUT2D eigenvalue weighted by Gasteiger charge is -2.27. The molecule has 1 heterocycles. The summed E-state index contributed by atoms with van der Waals surface area (Å²) in [5.74, 6) is 3.66. The van der Waals surface area contributed by atoms with Crippen LogP contribution in [0.1, 0.15) is 116 Å². The molecule has 0 saturated heterocycles. The zero-order valence-corrected chi connectivity index (χ0v) is 21.9. The minimum absolute atomic E-state index is 0.800. The van der Waals surface area contributed by atoms with Gasteiger partial charge in [0.1, 0.15) is 5.75 Å². The monoisotopic (exact) mass is 464 g/mol. The molecule has 0 spiro atoms. The van der Waals surface area contributed by atoms with E-state index in [-0.39, 0.29) is 0 Å². The molecule has 1 saturated carbocycles. The number of benzene rings is 1. The van der Waals surface area contributed by atoms with Crippen LogP contribution in [0.3, 0.4) is 0 Å². The molecule has 1 aliphatic rings. The Morgan fingerprint density at radius 3 is 2.00 bits per heavy atom. The SMILES string of the molecule is CCCCCCCCCCc1cnc(-c2ccc(OCCCC3CCC(CC)CC3)cc2)nc1. The number of hydrogen-bond donors (Lipinski definition) is 0. The van der Waals surface area contributed by atoms with Gasteiger partial charge in [0.2, 0.25) is 0 Å². The average molecular weight is 465 g/mol. The molecule has 0 amide bonds. The van der Waals surface area contributed by atoms with Gasteiger partial charge in [-0.1, -0.05) is 90.9 Å². The number of hydrogen-bond acceptors (Lipinski definition) is 3. The summed E-state index contributed by atoms with van der Waals surface area (Å²) in [6.45, 7) is 5.43. The molecule has 0 N–H and O–H groups in total. The van der Waals surface area contributed by atoms with Gasteiger partial charge in [-0.05, 0) is 67.3 Å². The van der Waals surface area contributed by atoms with Crippen LogP contribution in [-0.2, 0) is 6.42 Å². The molecule has 0 unspecified atom stereocenters. The minimum Gasteiger partial charge on any atom is -0.494 e. The van der Waals surface area contributed by atoms with E-state index < -0.39 is 0 Å². The first kappa shape index (κ1) is 26.7. The van der Waals surface area contributed by atoms with Crippen LogP contribution in [0.2, 0.25) is 0 Å². The average Bonchev–Trinajstić information content (AvgIpc) is 2.89. The van der Waals surface area contributed by atoms with Crippen molar-refractivity contribution in [3.8, 4) is 17.1 Å². The molecular weight excluding hydrogens is 416 g/mol. The largest absolute Gasteiger partial charge is 0.494 e. The fraction of sp³-hybridized carbons (Fsp3) is 0.677. The molecule has 1 aromatic heterocycles. The molecule has 2 aromatic rings. The summed E-state index contributed by atoms with van der Waals surface area (Å²) in [5.41, 5.74) is 2.30. The van der Waals surface area contributed by atoms with Crippen LogP contribution in [0, 0.1) is 11.8 Å². The van der Waals surface area contributed by atoms with E-state index in [1.54, 1.807) is 0 Å². The van der Waals surface area contributed by atoms with Crippen LogP contribution < -0.4 is 4.74 Å². The molecule has 34 heavy (non-hydrogen) atoms. The van der Waals surface area contributed by atoms with Crippen LogP contribution in [0.15, 0.2) is 36.7 Å². The summed E-state index contributed by atoms with van der Waals surface area (Å²) < 4.78 is 6.00. The highest BCUT2D eigenvalue weighted by Crippen LogP contribution is 2.33. The number of aryl methyl sites for hydroxylation is 1. The van der Waals surface area contributed by atoms with E-state index in [0.29, 0.717) is 0 Å². The Kier molecular flexibility index (Phi) is 12.5. The first-order valence-corrected chi connectivity index (χ1v) is 14.3. The van der Waals surface area contributed by atoms with E-state index in [1.807, 2.05) is 12.4 Å². The van der Waals surface area contributed by atoms with Crippen molar-refractivity contribution in [2.24, 2.45) is 11.8 Å². The van der Waals surface area contributed by atoms with Crippen molar-refractivity contribution < 1.29 is 4.74 Å². The van der Waals surface area contributed by atoms with E-state index >= 15 is 0 Å². The van der Waals surface area contributed by atoms with E-state index in [2.05, 4.69) is 48.1 Å². The molecule has 0 aliphatic heterocycles. The van der Waals surface area contributed by atoms with Gasteiger partial charge < -0.3 is 4.74 Å². The summed E-state index contributed by atoms with van der Waals surface area (Å²) in [5, 5.41) is 0. The molecule has 1 aromatic carbocycles. The van der Waals surface area contributed by atoms with Gasteiger partial charge in [0.05, 0.1) is 6.61 Å². The van der Waals surface area contributed by atoms with Crippen molar-refractivity contribution in [2.75, 3.05) is 6.61 Å². The van der Waals surface area contributed by atoms with Gasteiger partial charge in [-0.3, -0.25) is 0 Å². The third kappa shape index (κ3) is 9.76. The molecule has 0 radical (unpaired) electrons. The topological polar surface area (TPSA) is 35.0 Å². The number of aromatic nitrogens is 2. The molecule has 0 atom stereocenters. The van der Waals surface area contributed by atoms with Gasteiger partial charge in [-0.15, -0.1) is 0 Å². The Balaban J connectivity index is 1.30. The van der Waals surface area contributed by atoms with Crippen LogP contribution in [-0.4, -0.2) is 16.6 Å². The molecule has 1 aliphatic carbocycles. The minimum atomic E-state index is 0.800. The third-order valence-electron chi connectivity index (χ3n) is 7.71. The van der Waals surface area contributed by atoms with E-state index in [0.717, 1.165) is 48.4 Å². The highest BCUT2D eigenvalue weighted by Gasteiger charge is 2.19. The summed E-state index contributed by atoms with van der Waals surface area (Å²) in [7, 11) is 0. The summed E-state index contributed by atoms with van der Waals surface area (Å²) in [6.07, 6.45) is 25.5. The Morgan fingerprint density at radius 2 is 1.35 bits per heavy atom. The maximum Gasteiger partial charge on any atom is 0.159 e. The Hall–Kier alpha value is -1.90. The van der Waals surface area contributed by atoms with Crippen LogP contribution in [0.25, 0.3) is 11.4 Å². The Bertz CT molecular complexity index is 763. The lowest BCUT2D eigenvalue weighted by atomic mass is 9.79. The third-order valence-corrected chi connectivity index (χ3v) is 7.71. The fourth-order valence-corrected chi connectivity index (χ4v) is 5.29. The summed E-state index contributed by atoms with van der Waals surface area (Å²) in [4.78, 5) is 9.23. The summed E-state index contributed by atoms with van der Waals surface area (Å²) >= 11 is 0. The van der Waals surface area contributed by atoms with Crippen LogP contribution in [0.5, 0.6) is 5.75 Å². The number of unbranched alkanes of at least 4 members (excludes halogenated alkanes) is 7. The number of nitrogens with zero attached hydrogens (tertiary/aromatic N) is 2. The van der Waals surface area contributed by atoms with Crippen molar-refractivity contribution in [3.05, 3.63) is 42.2 Å². The molecule has 3 rings (SSSR count). The van der Waals surface area contributed by atoms with Gasteiger partial charge in [-0.2, -0.15) is 0 Å². The van der Waals surface area contributed by atoms with Crippen molar-refractivity contribution in [1.82, 2.24) is 9.97 Å². The predicted molar refractivity (Wildman–Crippen MR) is 144 cm³/mol. The van der Waals surface area contributed by atoms with Gasteiger partial charge >= 0.3 is 0 Å². The maximum atomic E-state index is 6.00. The normalized spacial score (nSPS) is 18.2. The van der Waals surface area contributed by atoms with Crippen molar-refractivity contribution >= 4 is 0 Å². The fourth-order valence-electron chi connectivity index (χ4n) is 5.29. The van der Waals surface area contributed by atoms with Gasteiger partial charge in [0.25, 0.3) is 0 Å². The molecule has 1 fully saturated rings. The molecule has 188 valence electrons. The second kappa shape index (κ2) is 15.9. The molecular formula is C31H48N2O. The summed E-state index contributed by atoms with van der Waals surface area (Å²) in [6, 6.07) is 8.27. The Labute approximate surface area is 209 Å². The van der Waals surface area contributed by atoms with Crippen LogP contribution >= 0.6 is 0 Å². The van der Waals surface area contributed by atoms with Gasteiger partial charge in [0, 0.05) is 18.0 Å². The van der Waals surface area contributed by atoms with Crippen molar-refractivity contribution in [2.45, 2.75) is 117 Å². The lowest BCUT2D eigenvalue weighted by molar-refractivity contribution is 0.234. The molecule has 3 nitrogen and oxygen atoms in total. The molecule has 0 bridgehead atoms. The van der Waals surface area contributed by atoms with Crippen molar-refractivity contribution in [3.63, 3.8) is 0 Å². The van der Waals surface area contributed by atoms with E-state index in [1.165, 1.54) is 95.5 Å². The zero-order chi connectivity index (χ0) is 23.8. The van der Waals surface area contributed by atoms with Crippen molar-refractivity contribution in [1.29, 1.82) is 0 Å². The number of rotatable bonds is 16. The first-order chi connectivity index (χ1) is 16.8. The van der Waals surface area contributed by atoms with E-state index in [4.69, 9.17) is 4.74 Å². The zero-order valence-electron chi connectivity index (χ0n) is 21.9. The molecule has 3 heteroatoms. The van der Waals surface area contributed by atoms with Gasteiger partial charge in [0.15, 0.2) is 5.82 Å². The second-order valence-electron chi connectivity index (χ2n) is 10.4. The predicted octanol–water partition coefficient (Wildman–Crippen LogP) is 9.20. The first-order valence-electron chi connectivity index (χ1n) is 14.3. The number of ether oxygens (including phenoxy) is 1. The standard InChI is InChI=1S/C31H48N2O/c1-3-5-6-7-8-9-10-11-13-28-24-32-31(33-25-28)29-19-21-30(22-20-29)34-23-12-14-27-17-15-26(4-2)16-18-27/h19-22,24-27H,3-18,23H2,1-2H3.